The van der Waals surface area contributed by atoms with Gasteiger partial charge in [-0.2, -0.15) is 5.10 Å². The van der Waals surface area contributed by atoms with Crippen molar-refractivity contribution >= 4 is 5.91 Å². The molecule has 0 spiro atoms. The van der Waals surface area contributed by atoms with Gasteiger partial charge in [-0.05, 0) is 18.4 Å². The van der Waals surface area contributed by atoms with E-state index in [0.717, 1.165) is 12.1 Å². The Morgan fingerprint density at radius 2 is 2.16 bits per heavy atom. The minimum Gasteiger partial charge on any atom is -0.423 e. The van der Waals surface area contributed by atoms with Gasteiger partial charge in [0.1, 0.15) is 11.7 Å². The Hall–Kier alpha value is -2.22. The molecule has 1 N–H and O–H groups in total. The first kappa shape index (κ1) is 17.6. The van der Waals surface area contributed by atoms with Gasteiger partial charge in [0.15, 0.2) is 0 Å². The largest absolute Gasteiger partial charge is 0.423 e. The van der Waals surface area contributed by atoms with Gasteiger partial charge in [-0.25, -0.2) is 0 Å². The van der Waals surface area contributed by atoms with Crippen molar-refractivity contribution in [2.75, 3.05) is 19.8 Å². The van der Waals surface area contributed by atoms with E-state index in [-0.39, 0.29) is 17.9 Å². The number of amides is 1. The zero-order valence-electron chi connectivity index (χ0n) is 15.2. The Balaban J connectivity index is 1.80. The smallest absolute Gasteiger partial charge is 0.275 e. The van der Waals surface area contributed by atoms with E-state index in [1.807, 2.05) is 19.9 Å². The van der Waals surface area contributed by atoms with E-state index in [2.05, 4.69) is 34.2 Å². The Labute approximate surface area is 146 Å². The minimum absolute atomic E-state index is 0.139. The van der Waals surface area contributed by atoms with Crippen LogP contribution in [-0.2, 0) is 11.2 Å². The molecule has 1 atom stereocenters. The molecule has 8 nitrogen and oxygen atoms in total. The molecule has 136 valence electrons. The normalized spacial score (nSPS) is 18.3. The van der Waals surface area contributed by atoms with E-state index in [4.69, 9.17) is 9.15 Å². The molecule has 2 aromatic rings. The van der Waals surface area contributed by atoms with Gasteiger partial charge in [-0.15, -0.1) is 10.2 Å². The molecule has 0 saturated carbocycles. The van der Waals surface area contributed by atoms with Crippen molar-refractivity contribution in [3.05, 3.63) is 29.2 Å². The second-order valence-corrected chi connectivity index (χ2v) is 7.10. The molecule has 0 bridgehead atoms. The van der Waals surface area contributed by atoms with E-state index in [1.165, 1.54) is 0 Å². The average Bonchev–Trinajstić information content (AvgIpc) is 3.23. The third kappa shape index (κ3) is 3.89. The molecular formula is C17H25N5O3. The van der Waals surface area contributed by atoms with E-state index < -0.39 is 0 Å². The molecule has 1 fully saturated rings. The zero-order valence-corrected chi connectivity index (χ0v) is 15.2. The van der Waals surface area contributed by atoms with Crippen molar-refractivity contribution in [1.29, 1.82) is 0 Å². The number of aromatic amines is 1. The molecule has 1 saturated heterocycles. The lowest BCUT2D eigenvalue weighted by Gasteiger charge is -2.32. The summed E-state index contributed by atoms with van der Waals surface area (Å²) in [6.07, 6.45) is 0.855. The fraction of sp³-hybridized carbons (Fsp3) is 0.647. The second kappa shape index (κ2) is 7.35. The van der Waals surface area contributed by atoms with E-state index in [0.29, 0.717) is 43.2 Å². The predicted molar refractivity (Wildman–Crippen MR) is 90.1 cm³/mol. The lowest BCUT2D eigenvalue weighted by atomic mass is 10.1. The Bertz CT molecular complexity index is 721. The molecule has 0 unspecified atom stereocenters. The molecule has 2 aromatic heterocycles. The van der Waals surface area contributed by atoms with E-state index >= 15 is 0 Å². The number of nitrogens with one attached hydrogen (secondary N) is 1. The highest BCUT2D eigenvalue weighted by molar-refractivity contribution is 5.92. The van der Waals surface area contributed by atoms with Crippen LogP contribution < -0.4 is 0 Å². The average molecular weight is 347 g/mol. The van der Waals surface area contributed by atoms with Crippen molar-refractivity contribution < 1.29 is 13.9 Å². The highest BCUT2D eigenvalue weighted by Gasteiger charge is 2.34. The number of hydrogen-bond donors (Lipinski definition) is 1. The Kier molecular flexibility index (Phi) is 5.17. The maximum Gasteiger partial charge on any atom is 0.275 e. The summed E-state index contributed by atoms with van der Waals surface area (Å²) in [4.78, 5) is 14.6. The van der Waals surface area contributed by atoms with Crippen LogP contribution in [0.1, 0.15) is 67.6 Å². The van der Waals surface area contributed by atoms with Crippen molar-refractivity contribution in [3.8, 4) is 0 Å². The lowest BCUT2D eigenvalue weighted by molar-refractivity contribution is -0.0110. The quantitative estimate of drug-likeness (QED) is 0.891. The summed E-state index contributed by atoms with van der Waals surface area (Å²) in [7, 11) is 0. The predicted octanol–water partition coefficient (Wildman–Crippen LogP) is 2.33. The maximum absolute atomic E-state index is 12.9. The summed E-state index contributed by atoms with van der Waals surface area (Å²) in [5.74, 6) is 1.46. The van der Waals surface area contributed by atoms with Crippen LogP contribution >= 0.6 is 0 Å². The number of nitrogens with zero attached hydrogens (tertiary/aromatic N) is 4. The number of morpholine rings is 1. The zero-order chi connectivity index (χ0) is 18.0. The fourth-order valence-electron chi connectivity index (χ4n) is 2.83. The first-order chi connectivity index (χ1) is 12.0. The molecule has 1 amide bonds. The summed E-state index contributed by atoms with van der Waals surface area (Å²) in [6.45, 7) is 9.51. The number of ether oxygens (including phenoxy) is 1. The van der Waals surface area contributed by atoms with Gasteiger partial charge in [0.25, 0.3) is 5.91 Å². The van der Waals surface area contributed by atoms with Gasteiger partial charge < -0.3 is 14.1 Å². The number of carbonyl (C=O) groups is 1. The lowest BCUT2D eigenvalue weighted by Crippen LogP contribution is -2.43. The molecular weight excluding hydrogens is 322 g/mol. The molecule has 8 heteroatoms. The van der Waals surface area contributed by atoms with Crippen molar-refractivity contribution in [3.63, 3.8) is 0 Å². The van der Waals surface area contributed by atoms with Gasteiger partial charge in [-0.1, -0.05) is 27.7 Å². The number of H-pyrrole nitrogens is 1. The van der Waals surface area contributed by atoms with Crippen LogP contribution in [0.25, 0.3) is 0 Å². The van der Waals surface area contributed by atoms with Crippen LogP contribution in [0.3, 0.4) is 0 Å². The van der Waals surface area contributed by atoms with Crippen LogP contribution in [0.4, 0.5) is 0 Å². The van der Waals surface area contributed by atoms with Crippen LogP contribution in [0, 0.1) is 5.92 Å². The highest BCUT2D eigenvalue weighted by atomic mass is 16.5. The van der Waals surface area contributed by atoms with Crippen molar-refractivity contribution in [2.24, 2.45) is 5.92 Å². The number of rotatable bonds is 5. The molecule has 1 aliphatic heterocycles. The first-order valence-corrected chi connectivity index (χ1v) is 8.72. The van der Waals surface area contributed by atoms with Crippen molar-refractivity contribution in [1.82, 2.24) is 25.3 Å². The maximum atomic E-state index is 12.9. The summed E-state index contributed by atoms with van der Waals surface area (Å²) >= 11 is 0. The number of hydrogen-bond acceptors (Lipinski definition) is 6. The SMILES string of the molecule is CC(C)Cc1cc(C(=O)N2CCOC[C@@H]2c2nnc(C(C)C)o2)n[nH]1. The Morgan fingerprint density at radius 1 is 1.36 bits per heavy atom. The van der Waals surface area contributed by atoms with Crippen molar-refractivity contribution in [2.45, 2.75) is 46.1 Å². The molecule has 0 radical (unpaired) electrons. The topological polar surface area (TPSA) is 97.1 Å². The highest BCUT2D eigenvalue weighted by Crippen LogP contribution is 2.26. The van der Waals surface area contributed by atoms with Crippen LogP contribution in [-0.4, -0.2) is 51.0 Å². The summed E-state index contributed by atoms with van der Waals surface area (Å²) in [5, 5.41) is 15.3. The minimum atomic E-state index is -0.383. The molecule has 1 aliphatic rings. The van der Waals surface area contributed by atoms with Gasteiger partial charge in [-0.3, -0.25) is 9.89 Å². The van der Waals surface area contributed by atoms with Gasteiger partial charge in [0.05, 0.1) is 13.2 Å². The number of aromatic nitrogens is 4. The molecule has 25 heavy (non-hydrogen) atoms. The molecule has 3 rings (SSSR count). The van der Waals surface area contributed by atoms with Crippen LogP contribution in [0.2, 0.25) is 0 Å². The van der Waals surface area contributed by atoms with Gasteiger partial charge in [0, 0.05) is 18.2 Å². The molecule has 0 aromatic carbocycles. The van der Waals surface area contributed by atoms with E-state index in [9.17, 15) is 4.79 Å². The Morgan fingerprint density at radius 3 is 2.84 bits per heavy atom. The van der Waals surface area contributed by atoms with Crippen LogP contribution in [0.5, 0.6) is 0 Å². The standard InChI is InChI=1S/C17H25N5O3/c1-10(2)7-12-8-13(19-18-12)17(23)22-5-6-24-9-14(22)16-21-20-15(25-16)11(3)4/h8,10-11,14H,5-7,9H2,1-4H3,(H,18,19)/t14-/m1/s1. The first-order valence-electron chi connectivity index (χ1n) is 8.72. The monoisotopic (exact) mass is 347 g/mol. The molecule has 0 aliphatic carbocycles. The van der Waals surface area contributed by atoms with Gasteiger partial charge >= 0.3 is 0 Å². The summed E-state index contributed by atoms with van der Waals surface area (Å²) in [6, 6.07) is 1.44. The van der Waals surface area contributed by atoms with E-state index in [1.54, 1.807) is 4.90 Å². The summed E-state index contributed by atoms with van der Waals surface area (Å²) in [5.41, 5.74) is 1.37. The van der Waals surface area contributed by atoms with Crippen LogP contribution in [0.15, 0.2) is 10.5 Å². The second-order valence-electron chi connectivity index (χ2n) is 7.10. The van der Waals surface area contributed by atoms with Gasteiger partial charge in [0.2, 0.25) is 11.8 Å². The fourth-order valence-corrected chi connectivity index (χ4v) is 2.83. The third-order valence-corrected chi connectivity index (χ3v) is 4.10. The summed E-state index contributed by atoms with van der Waals surface area (Å²) < 4.78 is 11.3. The third-order valence-electron chi connectivity index (χ3n) is 4.10. The molecule has 3 heterocycles. The number of carbonyl (C=O) groups excluding carboxylic acids is 1.